The molecular formula is C4H6Cl2S2. The van der Waals surface area contributed by atoms with Gasteiger partial charge in [-0.15, -0.1) is 6.58 Å². The second-order valence-electron chi connectivity index (χ2n) is 0.930. The molecule has 0 nitrogen and oxygen atoms in total. The van der Waals surface area contributed by atoms with Crippen molar-refractivity contribution in [3.05, 3.63) is 12.7 Å². The minimum Gasteiger partial charge on any atom is -0.102 e. The Kier molecular flexibility index (Phi) is 6.93. The van der Waals surface area contributed by atoms with Crippen molar-refractivity contribution in [2.45, 2.75) is 4.17 Å². The van der Waals surface area contributed by atoms with E-state index in [0.29, 0.717) is 0 Å². The van der Waals surface area contributed by atoms with Gasteiger partial charge >= 0.3 is 0 Å². The highest BCUT2D eigenvalue weighted by Gasteiger charge is 1.95. The van der Waals surface area contributed by atoms with Crippen LogP contribution in [0.4, 0.5) is 0 Å². The minimum absolute atomic E-state index is 0.319. The highest BCUT2D eigenvalue weighted by molar-refractivity contribution is 8.77. The van der Waals surface area contributed by atoms with Crippen LogP contribution in [0.1, 0.15) is 0 Å². The Morgan fingerprint density at radius 2 is 2.25 bits per heavy atom. The lowest BCUT2D eigenvalue weighted by atomic mass is 10.8. The molecule has 0 amide bonds. The fraction of sp³-hybridized carbons (Fsp3) is 0.500. The maximum Gasteiger partial charge on any atom is 0.162 e. The van der Waals surface area contributed by atoms with E-state index in [9.17, 15) is 0 Å². The summed E-state index contributed by atoms with van der Waals surface area (Å²) in [7, 11) is 3.03. The maximum atomic E-state index is 5.39. The zero-order valence-corrected chi connectivity index (χ0v) is 7.29. The molecule has 4 heteroatoms. The first-order chi connectivity index (χ1) is 3.77. The third kappa shape index (κ3) is 7.02. The summed E-state index contributed by atoms with van der Waals surface area (Å²) in [6, 6.07) is 0. The molecule has 0 saturated heterocycles. The Bertz CT molecular complexity index is 65.1. The van der Waals surface area contributed by atoms with Crippen LogP contribution in [-0.2, 0) is 0 Å². The number of hydrogen-bond donors (Lipinski definition) is 0. The smallest absolute Gasteiger partial charge is 0.102 e. The van der Waals surface area contributed by atoms with E-state index in [1.54, 1.807) is 10.8 Å². The molecule has 0 aromatic heterocycles. The van der Waals surface area contributed by atoms with Gasteiger partial charge in [0, 0.05) is 5.75 Å². The van der Waals surface area contributed by atoms with Gasteiger partial charge in [0.05, 0.1) is 0 Å². The lowest BCUT2D eigenvalue weighted by Crippen LogP contribution is -1.70. The van der Waals surface area contributed by atoms with Gasteiger partial charge in [0.15, 0.2) is 4.17 Å². The summed E-state index contributed by atoms with van der Waals surface area (Å²) in [5, 5.41) is 0. The Morgan fingerprint density at radius 3 is 2.62 bits per heavy atom. The molecule has 0 aliphatic carbocycles. The van der Waals surface area contributed by atoms with Gasteiger partial charge in [0.25, 0.3) is 0 Å². The molecule has 8 heavy (non-hydrogen) atoms. The monoisotopic (exact) mass is 188 g/mol. The van der Waals surface area contributed by atoms with Crippen LogP contribution in [0.3, 0.4) is 0 Å². The van der Waals surface area contributed by atoms with Gasteiger partial charge in [-0.2, -0.15) is 0 Å². The summed E-state index contributed by atoms with van der Waals surface area (Å²) in [6.45, 7) is 3.54. The topological polar surface area (TPSA) is 0 Å². The highest BCUT2D eigenvalue weighted by Crippen LogP contribution is 2.31. The molecule has 0 aromatic carbocycles. The molecule has 0 spiro atoms. The normalized spacial score (nSPS) is 9.88. The number of hydrogen-bond acceptors (Lipinski definition) is 2. The third-order valence-corrected chi connectivity index (χ3v) is 3.54. The number of alkyl halides is 2. The fourth-order valence-corrected chi connectivity index (χ4v) is 2.18. The molecule has 0 rings (SSSR count). The molecule has 0 bridgehead atoms. The first kappa shape index (κ1) is 9.02. The Labute approximate surface area is 67.4 Å². The van der Waals surface area contributed by atoms with Gasteiger partial charge in [-0.05, 0) is 0 Å². The number of rotatable bonds is 4. The van der Waals surface area contributed by atoms with Gasteiger partial charge in [-0.1, -0.05) is 50.9 Å². The minimum atomic E-state index is -0.319. The maximum absolute atomic E-state index is 5.39. The molecule has 0 saturated carbocycles. The molecule has 0 radical (unpaired) electrons. The van der Waals surface area contributed by atoms with Crippen LogP contribution in [-0.4, -0.2) is 9.92 Å². The van der Waals surface area contributed by atoms with Gasteiger partial charge in [0.1, 0.15) is 0 Å². The van der Waals surface area contributed by atoms with Crippen molar-refractivity contribution in [1.29, 1.82) is 0 Å². The summed E-state index contributed by atoms with van der Waals surface area (Å²) in [5.41, 5.74) is 0. The van der Waals surface area contributed by atoms with Crippen molar-refractivity contribution in [2.24, 2.45) is 0 Å². The van der Waals surface area contributed by atoms with E-state index in [2.05, 4.69) is 6.58 Å². The van der Waals surface area contributed by atoms with E-state index in [1.807, 2.05) is 6.08 Å². The Hall–Kier alpha value is 1.02. The summed E-state index contributed by atoms with van der Waals surface area (Å²) < 4.78 is -0.319. The van der Waals surface area contributed by atoms with Crippen molar-refractivity contribution in [3.63, 3.8) is 0 Å². The molecule has 0 fully saturated rings. The largest absolute Gasteiger partial charge is 0.162 e. The van der Waals surface area contributed by atoms with Crippen molar-refractivity contribution in [3.8, 4) is 0 Å². The standard InChI is InChI=1S/C4H6Cl2S2/c1-2-3-7-8-4(5)6/h2,4H,1,3H2. The van der Waals surface area contributed by atoms with Crippen molar-refractivity contribution in [2.75, 3.05) is 5.75 Å². The van der Waals surface area contributed by atoms with Gasteiger partial charge < -0.3 is 0 Å². The average Bonchev–Trinajstić information content (AvgIpc) is 1.66. The lowest BCUT2D eigenvalue weighted by Gasteiger charge is -1.94. The van der Waals surface area contributed by atoms with Crippen LogP contribution in [0.25, 0.3) is 0 Å². The second-order valence-corrected chi connectivity index (χ2v) is 5.06. The molecule has 0 aliphatic heterocycles. The van der Waals surface area contributed by atoms with Gasteiger partial charge in [-0.3, -0.25) is 0 Å². The average molecular weight is 189 g/mol. The Balaban J connectivity index is 2.81. The van der Waals surface area contributed by atoms with Crippen molar-refractivity contribution >= 4 is 44.8 Å². The molecule has 48 valence electrons. The summed E-state index contributed by atoms with van der Waals surface area (Å²) in [5.74, 6) is 0.889. The molecular weight excluding hydrogens is 183 g/mol. The molecule has 0 unspecified atom stereocenters. The van der Waals surface area contributed by atoms with Crippen LogP contribution in [0, 0.1) is 0 Å². The van der Waals surface area contributed by atoms with Crippen LogP contribution < -0.4 is 0 Å². The first-order valence-corrected chi connectivity index (χ1v) is 5.20. The second kappa shape index (κ2) is 6.14. The first-order valence-electron chi connectivity index (χ1n) is 1.94. The van der Waals surface area contributed by atoms with E-state index in [1.165, 1.54) is 10.8 Å². The number of halogens is 2. The van der Waals surface area contributed by atoms with E-state index in [0.717, 1.165) is 5.75 Å². The predicted molar refractivity (Wildman–Crippen MR) is 45.7 cm³/mol. The van der Waals surface area contributed by atoms with Crippen LogP contribution in [0.15, 0.2) is 12.7 Å². The molecule has 0 atom stereocenters. The van der Waals surface area contributed by atoms with E-state index in [-0.39, 0.29) is 4.17 Å². The van der Waals surface area contributed by atoms with Gasteiger partial charge in [-0.25, -0.2) is 0 Å². The van der Waals surface area contributed by atoms with Crippen LogP contribution >= 0.6 is 44.8 Å². The van der Waals surface area contributed by atoms with Crippen molar-refractivity contribution < 1.29 is 0 Å². The lowest BCUT2D eigenvalue weighted by molar-refractivity contribution is 1.84. The SMILES string of the molecule is C=CCSSC(Cl)Cl. The van der Waals surface area contributed by atoms with Gasteiger partial charge in [0.2, 0.25) is 0 Å². The van der Waals surface area contributed by atoms with Crippen LogP contribution in [0.5, 0.6) is 0 Å². The zero-order chi connectivity index (χ0) is 6.41. The fourth-order valence-electron chi connectivity index (χ4n) is 0.139. The zero-order valence-electron chi connectivity index (χ0n) is 4.14. The summed E-state index contributed by atoms with van der Waals surface area (Å²) >= 11 is 10.8. The molecule has 0 aliphatic rings. The molecule has 0 aromatic rings. The summed E-state index contributed by atoms with van der Waals surface area (Å²) in [4.78, 5) is 0. The summed E-state index contributed by atoms with van der Waals surface area (Å²) in [6.07, 6.45) is 1.81. The predicted octanol–water partition coefficient (Wildman–Crippen LogP) is 3.32. The quantitative estimate of drug-likeness (QED) is 0.288. The highest BCUT2D eigenvalue weighted by atomic mass is 35.5. The molecule has 0 heterocycles. The van der Waals surface area contributed by atoms with E-state index < -0.39 is 0 Å². The third-order valence-electron chi connectivity index (χ3n) is 0.327. The Morgan fingerprint density at radius 1 is 1.62 bits per heavy atom. The van der Waals surface area contributed by atoms with Crippen LogP contribution in [0.2, 0.25) is 0 Å². The van der Waals surface area contributed by atoms with E-state index in [4.69, 9.17) is 23.2 Å². The van der Waals surface area contributed by atoms with E-state index >= 15 is 0 Å². The molecule has 0 N–H and O–H groups in total. The van der Waals surface area contributed by atoms with Crippen molar-refractivity contribution in [1.82, 2.24) is 0 Å².